The van der Waals surface area contributed by atoms with E-state index in [0.717, 1.165) is 22.0 Å². The van der Waals surface area contributed by atoms with Crippen molar-refractivity contribution in [2.45, 2.75) is 13.8 Å². The van der Waals surface area contributed by atoms with E-state index in [1.165, 1.54) is 0 Å². The van der Waals surface area contributed by atoms with Gasteiger partial charge in [0.25, 0.3) is 5.89 Å². The zero-order valence-corrected chi connectivity index (χ0v) is 15.1. The Morgan fingerprint density at radius 3 is 2.62 bits per heavy atom. The molecule has 0 amide bonds. The lowest BCUT2D eigenvalue weighted by Crippen LogP contribution is -1.98. The summed E-state index contributed by atoms with van der Waals surface area (Å²) in [4.78, 5) is 9.13. The molecule has 0 aliphatic rings. The normalized spacial score (nSPS) is 11.0. The highest BCUT2D eigenvalue weighted by Crippen LogP contribution is 2.32. The molecule has 0 spiro atoms. The van der Waals surface area contributed by atoms with Crippen molar-refractivity contribution in [3.05, 3.63) is 59.1 Å². The Bertz CT molecular complexity index is 1070. The maximum Gasteiger partial charge on any atom is 0.258 e. The van der Waals surface area contributed by atoms with Gasteiger partial charge in [0.2, 0.25) is 11.7 Å². The SMILES string of the molecule is CCOc1nc2ccc(C)cc2cc1-c1noc(-c2ccc(Cl)cc2)n1. The Kier molecular flexibility index (Phi) is 4.31. The summed E-state index contributed by atoms with van der Waals surface area (Å²) >= 11 is 5.93. The number of nitrogens with zero attached hydrogens (tertiary/aromatic N) is 3. The van der Waals surface area contributed by atoms with Crippen LogP contribution in [0.25, 0.3) is 33.7 Å². The van der Waals surface area contributed by atoms with E-state index in [2.05, 4.69) is 21.2 Å². The van der Waals surface area contributed by atoms with Gasteiger partial charge in [-0.3, -0.25) is 0 Å². The van der Waals surface area contributed by atoms with Crippen LogP contribution in [-0.4, -0.2) is 21.7 Å². The largest absolute Gasteiger partial charge is 0.477 e. The molecule has 0 fully saturated rings. The molecule has 0 radical (unpaired) electrons. The van der Waals surface area contributed by atoms with Crippen LogP contribution in [0.1, 0.15) is 12.5 Å². The Hall–Kier alpha value is -2.92. The predicted octanol–water partition coefficient (Wildman–Crippen LogP) is 5.31. The first-order valence-corrected chi connectivity index (χ1v) is 8.66. The number of halogens is 1. The van der Waals surface area contributed by atoms with Gasteiger partial charge in [-0.15, -0.1) is 0 Å². The Labute approximate surface area is 155 Å². The lowest BCUT2D eigenvalue weighted by atomic mass is 10.1. The first kappa shape index (κ1) is 16.5. The van der Waals surface area contributed by atoms with E-state index in [1.54, 1.807) is 12.1 Å². The van der Waals surface area contributed by atoms with Gasteiger partial charge >= 0.3 is 0 Å². The molecule has 0 unspecified atom stereocenters. The maximum absolute atomic E-state index is 5.93. The summed E-state index contributed by atoms with van der Waals surface area (Å²) in [6, 6.07) is 15.3. The van der Waals surface area contributed by atoms with Crippen molar-refractivity contribution < 1.29 is 9.26 Å². The number of ether oxygens (including phenoxy) is 1. The molecule has 26 heavy (non-hydrogen) atoms. The van der Waals surface area contributed by atoms with Gasteiger partial charge in [-0.25, -0.2) is 4.98 Å². The molecular formula is C20H16ClN3O2. The van der Waals surface area contributed by atoms with Crippen LogP contribution >= 0.6 is 11.6 Å². The number of benzene rings is 2. The minimum absolute atomic E-state index is 0.420. The summed E-state index contributed by atoms with van der Waals surface area (Å²) in [6.45, 7) is 4.46. The zero-order valence-electron chi connectivity index (χ0n) is 14.4. The summed E-state index contributed by atoms with van der Waals surface area (Å²) in [6.07, 6.45) is 0. The lowest BCUT2D eigenvalue weighted by Gasteiger charge is -2.08. The van der Waals surface area contributed by atoms with Crippen LogP contribution in [0.4, 0.5) is 0 Å². The predicted molar refractivity (Wildman–Crippen MR) is 101 cm³/mol. The summed E-state index contributed by atoms with van der Waals surface area (Å²) in [5.74, 6) is 1.35. The fourth-order valence-corrected chi connectivity index (χ4v) is 2.85. The van der Waals surface area contributed by atoms with Crippen molar-refractivity contribution in [1.29, 1.82) is 0 Å². The Morgan fingerprint density at radius 1 is 1.04 bits per heavy atom. The molecule has 6 heteroatoms. The number of aryl methyl sites for hydroxylation is 1. The van der Waals surface area contributed by atoms with E-state index in [1.807, 2.05) is 44.2 Å². The second-order valence-corrected chi connectivity index (χ2v) is 6.34. The van der Waals surface area contributed by atoms with Gasteiger partial charge in [0, 0.05) is 16.0 Å². The van der Waals surface area contributed by atoms with Crippen LogP contribution in [0, 0.1) is 6.92 Å². The molecule has 2 aromatic carbocycles. The average molecular weight is 366 g/mol. The van der Waals surface area contributed by atoms with Crippen molar-refractivity contribution in [3.8, 4) is 28.7 Å². The van der Waals surface area contributed by atoms with Gasteiger partial charge in [-0.2, -0.15) is 4.98 Å². The highest BCUT2D eigenvalue weighted by Gasteiger charge is 2.17. The molecule has 130 valence electrons. The smallest absolute Gasteiger partial charge is 0.258 e. The molecule has 5 nitrogen and oxygen atoms in total. The van der Waals surface area contributed by atoms with E-state index in [0.29, 0.717) is 34.8 Å². The van der Waals surface area contributed by atoms with Gasteiger partial charge in [0.1, 0.15) is 0 Å². The van der Waals surface area contributed by atoms with Crippen molar-refractivity contribution >= 4 is 22.5 Å². The summed E-state index contributed by atoms with van der Waals surface area (Å²) in [7, 11) is 0. The van der Waals surface area contributed by atoms with E-state index < -0.39 is 0 Å². The second kappa shape index (κ2) is 6.77. The summed E-state index contributed by atoms with van der Waals surface area (Å²) in [5, 5.41) is 5.77. The minimum Gasteiger partial charge on any atom is -0.477 e. The molecule has 0 atom stereocenters. The van der Waals surface area contributed by atoms with Crippen molar-refractivity contribution in [1.82, 2.24) is 15.1 Å². The topological polar surface area (TPSA) is 61.0 Å². The first-order chi connectivity index (χ1) is 12.6. The fourth-order valence-electron chi connectivity index (χ4n) is 2.73. The van der Waals surface area contributed by atoms with Gasteiger partial charge in [0.15, 0.2) is 0 Å². The molecule has 0 aliphatic heterocycles. The highest BCUT2D eigenvalue weighted by molar-refractivity contribution is 6.30. The fraction of sp³-hybridized carbons (Fsp3) is 0.150. The molecule has 0 bridgehead atoms. The van der Waals surface area contributed by atoms with E-state index >= 15 is 0 Å². The molecule has 4 aromatic rings. The van der Waals surface area contributed by atoms with Crippen LogP contribution in [0.5, 0.6) is 5.88 Å². The quantitative estimate of drug-likeness (QED) is 0.490. The third kappa shape index (κ3) is 3.13. The van der Waals surface area contributed by atoms with Crippen LogP contribution in [-0.2, 0) is 0 Å². The molecule has 0 saturated carbocycles. The standard InChI is InChI=1S/C20H16ClN3O2/c1-3-25-20-16(11-14-10-12(2)4-9-17(14)22-20)18-23-19(26-24-18)13-5-7-15(21)8-6-13/h4-11H,3H2,1-2H3. The van der Waals surface area contributed by atoms with Gasteiger partial charge in [0.05, 0.1) is 17.7 Å². The first-order valence-electron chi connectivity index (χ1n) is 8.28. The van der Waals surface area contributed by atoms with Crippen LogP contribution in [0.15, 0.2) is 53.1 Å². The number of fused-ring (bicyclic) bond motifs is 1. The maximum atomic E-state index is 5.93. The number of rotatable bonds is 4. The molecule has 0 saturated heterocycles. The average Bonchev–Trinajstić information content (AvgIpc) is 3.12. The number of hydrogen-bond acceptors (Lipinski definition) is 5. The molecule has 2 heterocycles. The van der Waals surface area contributed by atoms with Crippen LogP contribution in [0.2, 0.25) is 5.02 Å². The second-order valence-electron chi connectivity index (χ2n) is 5.90. The monoisotopic (exact) mass is 365 g/mol. The molecule has 0 aliphatic carbocycles. The van der Waals surface area contributed by atoms with Crippen molar-refractivity contribution in [3.63, 3.8) is 0 Å². The van der Waals surface area contributed by atoms with Crippen LogP contribution in [0.3, 0.4) is 0 Å². The molecule has 2 aromatic heterocycles. The third-order valence-corrected chi connectivity index (χ3v) is 4.23. The zero-order chi connectivity index (χ0) is 18.1. The minimum atomic E-state index is 0.420. The lowest BCUT2D eigenvalue weighted by molar-refractivity contribution is 0.329. The number of pyridine rings is 1. The Balaban J connectivity index is 1.82. The number of hydrogen-bond donors (Lipinski definition) is 0. The van der Waals surface area contributed by atoms with E-state index in [-0.39, 0.29) is 0 Å². The highest BCUT2D eigenvalue weighted by atomic mass is 35.5. The van der Waals surface area contributed by atoms with Crippen LogP contribution < -0.4 is 4.74 Å². The number of aromatic nitrogens is 3. The third-order valence-electron chi connectivity index (χ3n) is 3.97. The summed E-state index contributed by atoms with van der Waals surface area (Å²) in [5.41, 5.74) is 3.53. The van der Waals surface area contributed by atoms with Gasteiger partial charge in [-0.05, 0) is 56.3 Å². The van der Waals surface area contributed by atoms with Gasteiger partial charge < -0.3 is 9.26 Å². The van der Waals surface area contributed by atoms with Crippen molar-refractivity contribution in [2.24, 2.45) is 0 Å². The van der Waals surface area contributed by atoms with Crippen molar-refractivity contribution in [2.75, 3.05) is 6.61 Å². The molecular weight excluding hydrogens is 350 g/mol. The van der Waals surface area contributed by atoms with E-state index in [9.17, 15) is 0 Å². The summed E-state index contributed by atoms with van der Waals surface area (Å²) < 4.78 is 11.1. The van der Waals surface area contributed by atoms with Gasteiger partial charge in [-0.1, -0.05) is 28.4 Å². The Morgan fingerprint density at radius 2 is 1.85 bits per heavy atom. The molecule has 4 rings (SSSR count). The molecule has 0 N–H and O–H groups in total. The van der Waals surface area contributed by atoms with E-state index in [4.69, 9.17) is 20.9 Å².